The molecule has 9 heteroatoms. The highest BCUT2D eigenvalue weighted by molar-refractivity contribution is 8.00. The van der Waals surface area contributed by atoms with Gasteiger partial charge in [0.25, 0.3) is 5.78 Å². The van der Waals surface area contributed by atoms with Crippen LogP contribution in [-0.4, -0.2) is 27.0 Å². The molecular formula is C31H22FN3O3S2. The van der Waals surface area contributed by atoms with Crippen molar-refractivity contribution in [2.45, 2.75) is 23.1 Å². The van der Waals surface area contributed by atoms with E-state index in [1.807, 2.05) is 24.3 Å². The summed E-state index contributed by atoms with van der Waals surface area (Å²) in [6.07, 6.45) is 0. The zero-order chi connectivity index (χ0) is 27.8. The fourth-order valence-corrected chi connectivity index (χ4v) is 6.66. The Morgan fingerprint density at radius 3 is 2.52 bits per heavy atom. The van der Waals surface area contributed by atoms with Crippen molar-refractivity contribution in [2.24, 2.45) is 0 Å². The summed E-state index contributed by atoms with van der Waals surface area (Å²) in [7, 11) is 0. The van der Waals surface area contributed by atoms with Crippen molar-refractivity contribution in [1.82, 2.24) is 10.2 Å². The smallest absolute Gasteiger partial charge is 0.301 e. The van der Waals surface area contributed by atoms with Gasteiger partial charge in [-0.05, 0) is 40.5 Å². The second kappa shape index (κ2) is 10.7. The molecule has 1 saturated heterocycles. The van der Waals surface area contributed by atoms with Crippen molar-refractivity contribution in [2.75, 3.05) is 4.90 Å². The van der Waals surface area contributed by atoms with E-state index < -0.39 is 29.3 Å². The molecule has 0 bridgehead atoms. The van der Waals surface area contributed by atoms with Gasteiger partial charge in [-0.25, -0.2) is 4.39 Å². The average molecular weight is 568 g/mol. The summed E-state index contributed by atoms with van der Waals surface area (Å²) < 4.78 is 15.0. The van der Waals surface area contributed by atoms with Gasteiger partial charge in [-0.3, -0.25) is 14.5 Å². The van der Waals surface area contributed by atoms with Gasteiger partial charge in [-0.2, -0.15) is 0 Å². The Kier molecular flexibility index (Phi) is 6.91. The molecule has 1 fully saturated rings. The van der Waals surface area contributed by atoms with Crippen LogP contribution in [0.4, 0.5) is 9.52 Å². The molecule has 2 heterocycles. The van der Waals surface area contributed by atoms with Crippen molar-refractivity contribution in [3.05, 3.63) is 125 Å². The van der Waals surface area contributed by atoms with Crippen LogP contribution in [0.5, 0.6) is 0 Å². The van der Waals surface area contributed by atoms with Gasteiger partial charge in [0, 0.05) is 11.3 Å². The molecule has 4 aromatic carbocycles. The number of halogens is 1. The first-order chi connectivity index (χ1) is 19.4. The molecule has 1 unspecified atom stereocenters. The number of aliphatic hydroxyl groups is 1. The van der Waals surface area contributed by atoms with E-state index in [0.29, 0.717) is 21.2 Å². The number of benzene rings is 4. The van der Waals surface area contributed by atoms with Gasteiger partial charge in [-0.15, -0.1) is 10.2 Å². The molecule has 198 valence electrons. The number of hydrogen-bond donors (Lipinski definition) is 1. The van der Waals surface area contributed by atoms with E-state index in [0.717, 1.165) is 22.4 Å². The number of anilines is 1. The monoisotopic (exact) mass is 567 g/mol. The van der Waals surface area contributed by atoms with Crippen molar-refractivity contribution in [1.29, 1.82) is 0 Å². The Balaban J connectivity index is 1.36. The lowest BCUT2D eigenvalue weighted by Crippen LogP contribution is -2.29. The van der Waals surface area contributed by atoms with Crippen LogP contribution < -0.4 is 4.90 Å². The number of aryl methyl sites for hydroxylation is 1. The summed E-state index contributed by atoms with van der Waals surface area (Å²) in [6.45, 7) is 1.60. The van der Waals surface area contributed by atoms with Crippen LogP contribution in [0, 0.1) is 12.7 Å². The predicted molar refractivity (Wildman–Crippen MR) is 156 cm³/mol. The highest BCUT2D eigenvalue weighted by atomic mass is 32.2. The second-order valence-corrected chi connectivity index (χ2v) is 11.5. The van der Waals surface area contributed by atoms with Crippen LogP contribution in [0.25, 0.3) is 16.5 Å². The number of carbonyl (C=O) groups is 2. The molecule has 1 aliphatic rings. The fraction of sp³-hybridized carbons (Fsp3) is 0.0968. The first kappa shape index (κ1) is 25.9. The summed E-state index contributed by atoms with van der Waals surface area (Å²) in [5.41, 5.74) is 2.15. The van der Waals surface area contributed by atoms with Crippen molar-refractivity contribution in [3.8, 4) is 0 Å². The normalized spacial score (nSPS) is 16.6. The summed E-state index contributed by atoms with van der Waals surface area (Å²) in [5.74, 6) is -2.01. The molecule has 0 spiro atoms. The number of aromatic nitrogens is 2. The number of hydrogen-bond acceptors (Lipinski definition) is 7. The maximum atomic E-state index is 14.3. The number of thioether (sulfide) groups is 1. The van der Waals surface area contributed by atoms with Crippen LogP contribution in [-0.2, 0) is 15.3 Å². The van der Waals surface area contributed by atoms with Crippen LogP contribution in [0.1, 0.15) is 28.3 Å². The number of nitrogens with zero attached hydrogens (tertiary/aromatic N) is 3. The van der Waals surface area contributed by atoms with Gasteiger partial charge >= 0.3 is 5.91 Å². The Morgan fingerprint density at radius 1 is 0.975 bits per heavy atom. The lowest BCUT2D eigenvalue weighted by atomic mass is 9.95. The number of ketones is 1. The lowest BCUT2D eigenvalue weighted by molar-refractivity contribution is -0.132. The molecule has 0 saturated carbocycles. The van der Waals surface area contributed by atoms with Crippen molar-refractivity contribution >= 4 is 56.5 Å². The predicted octanol–water partition coefficient (Wildman–Crippen LogP) is 7.06. The SMILES string of the molecule is Cc1ccc(/C(O)=C2\C(=O)C(=O)N(c3nnc(SCc4cccc5ccccc45)s3)C2c2ccccc2)cc1F. The van der Waals surface area contributed by atoms with Crippen molar-refractivity contribution in [3.63, 3.8) is 0 Å². The molecule has 40 heavy (non-hydrogen) atoms. The zero-order valence-electron chi connectivity index (χ0n) is 21.2. The number of carbonyl (C=O) groups excluding carboxylic acids is 2. The molecule has 5 aromatic rings. The van der Waals surface area contributed by atoms with Crippen LogP contribution in [0.2, 0.25) is 0 Å². The zero-order valence-corrected chi connectivity index (χ0v) is 22.9. The standard InChI is InChI=1S/C31H22FN3O3S2/c1-18-14-15-21(16-24(18)32)27(36)25-26(20-9-3-2-4-10-20)35(29(38)28(25)37)30-33-34-31(40-30)39-17-22-12-7-11-19-8-5-6-13-23(19)22/h2-16,26,36H,17H2,1H3/b27-25+. The summed E-state index contributed by atoms with van der Waals surface area (Å²) >= 11 is 2.70. The molecule has 1 N–H and O–H groups in total. The maximum absolute atomic E-state index is 14.3. The number of Topliss-reactive ketones (excluding diaryl/α,β-unsaturated/α-hetero) is 1. The van der Waals surface area contributed by atoms with E-state index in [1.54, 1.807) is 31.2 Å². The molecule has 0 radical (unpaired) electrons. The fourth-order valence-electron chi connectivity index (χ4n) is 4.79. The molecule has 0 aliphatic carbocycles. The van der Waals surface area contributed by atoms with E-state index in [-0.39, 0.29) is 16.3 Å². The third kappa shape index (κ3) is 4.67. The molecular weight excluding hydrogens is 545 g/mol. The van der Waals surface area contributed by atoms with Gasteiger partial charge < -0.3 is 5.11 Å². The maximum Gasteiger partial charge on any atom is 0.301 e. The van der Waals surface area contributed by atoms with Gasteiger partial charge in [0.1, 0.15) is 11.6 Å². The highest BCUT2D eigenvalue weighted by Crippen LogP contribution is 2.44. The molecule has 6 rings (SSSR count). The molecule has 1 aliphatic heterocycles. The molecule has 1 amide bonds. The topological polar surface area (TPSA) is 83.4 Å². The van der Waals surface area contributed by atoms with E-state index >= 15 is 0 Å². The minimum atomic E-state index is -0.950. The Labute approximate surface area is 237 Å². The van der Waals surface area contributed by atoms with E-state index in [2.05, 4.69) is 34.5 Å². The summed E-state index contributed by atoms with van der Waals surface area (Å²) in [5, 5.41) is 22.3. The highest BCUT2D eigenvalue weighted by Gasteiger charge is 2.48. The average Bonchev–Trinajstić information content (AvgIpc) is 3.55. The van der Waals surface area contributed by atoms with Crippen LogP contribution >= 0.6 is 23.1 Å². The van der Waals surface area contributed by atoms with Gasteiger partial charge in [-0.1, -0.05) is 108 Å². The van der Waals surface area contributed by atoms with Crippen molar-refractivity contribution < 1.29 is 19.1 Å². The van der Waals surface area contributed by atoms with Gasteiger partial charge in [0.2, 0.25) is 5.13 Å². The van der Waals surface area contributed by atoms with Gasteiger partial charge in [0.15, 0.2) is 4.34 Å². The number of fused-ring (bicyclic) bond motifs is 1. The van der Waals surface area contributed by atoms with E-state index in [1.165, 1.54) is 40.1 Å². The number of aliphatic hydroxyl groups excluding tert-OH is 1. The third-order valence-corrected chi connectivity index (χ3v) is 8.94. The lowest BCUT2D eigenvalue weighted by Gasteiger charge is -2.22. The molecule has 1 atom stereocenters. The van der Waals surface area contributed by atoms with E-state index in [4.69, 9.17) is 0 Å². The summed E-state index contributed by atoms with van der Waals surface area (Å²) in [6, 6.07) is 26.5. The first-order valence-electron chi connectivity index (χ1n) is 12.5. The Hall–Kier alpha value is -4.34. The Bertz CT molecular complexity index is 1800. The molecule has 1 aromatic heterocycles. The quantitative estimate of drug-likeness (QED) is 0.0778. The van der Waals surface area contributed by atoms with Crippen LogP contribution in [0.3, 0.4) is 0 Å². The minimum Gasteiger partial charge on any atom is -0.507 e. The largest absolute Gasteiger partial charge is 0.507 e. The first-order valence-corrected chi connectivity index (χ1v) is 14.3. The minimum absolute atomic E-state index is 0.116. The second-order valence-electron chi connectivity index (χ2n) is 9.32. The van der Waals surface area contributed by atoms with E-state index in [9.17, 15) is 19.1 Å². The molecule has 6 nitrogen and oxygen atoms in total. The Morgan fingerprint density at radius 2 is 1.73 bits per heavy atom. The number of rotatable bonds is 6. The van der Waals surface area contributed by atoms with Crippen LogP contribution in [0.15, 0.2) is 101 Å². The van der Waals surface area contributed by atoms with Gasteiger partial charge in [0.05, 0.1) is 11.6 Å². The summed E-state index contributed by atoms with van der Waals surface area (Å²) in [4.78, 5) is 28.0. The number of amides is 1. The third-order valence-electron chi connectivity index (χ3n) is 6.84.